The fourth-order valence-electron chi connectivity index (χ4n) is 2.46. The summed E-state index contributed by atoms with van der Waals surface area (Å²) >= 11 is 0. The molecule has 2 amide bonds. The van der Waals surface area contributed by atoms with E-state index in [1.165, 1.54) is 6.08 Å². The van der Waals surface area contributed by atoms with Gasteiger partial charge in [0, 0.05) is 18.0 Å². The Morgan fingerprint density at radius 2 is 1.63 bits per heavy atom. The fourth-order valence-corrected chi connectivity index (χ4v) is 2.46. The molecule has 0 radical (unpaired) electrons. The van der Waals surface area contributed by atoms with E-state index in [9.17, 15) is 9.59 Å². The second-order valence-electron chi connectivity index (χ2n) is 6.28. The molecule has 1 heterocycles. The predicted molar refractivity (Wildman–Crippen MR) is 114 cm³/mol. The van der Waals surface area contributed by atoms with Gasteiger partial charge >= 0.3 is 0 Å². The molecule has 0 aliphatic heterocycles. The van der Waals surface area contributed by atoms with Gasteiger partial charge < -0.3 is 20.5 Å². The minimum atomic E-state index is -0.551. The molecule has 7 heteroatoms. The van der Waals surface area contributed by atoms with Crippen LogP contribution in [0.1, 0.15) is 11.3 Å². The van der Waals surface area contributed by atoms with E-state index in [2.05, 4.69) is 10.3 Å². The minimum absolute atomic E-state index is 0.193. The van der Waals surface area contributed by atoms with Gasteiger partial charge in [0.2, 0.25) is 5.91 Å². The molecule has 0 bridgehead atoms. The Labute approximate surface area is 174 Å². The van der Waals surface area contributed by atoms with Crippen LogP contribution in [0.2, 0.25) is 0 Å². The first kappa shape index (κ1) is 20.6. The van der Waals surface area contributed by atoms with Crippen LogP contribution in [0.25, 0.3) is 6.08 Å². The summed E-state index contributed by atoms with van der Waals surface area (Å²) in [6.45, 7) is 0.201. The van der Waals surface area contributed by atoms with Crippen LogP contribution in [-0.4, -0.2) is 23.4 Å². The highest BCUT2D eigenvalue weighted by atomic mass is 16.5. The van der Waals surface area contributed by atoms with E-state index in [1.807, 2.05) is 42.5 Å². The van der Waals surface area contributed by atoms with Crippen molar-refractivity contribution in [1.82, 2.24) is 4.98 Å². The Bertz CT molecular complexity index is 1000. The zero-order chi connectivity index (χ0) is 21.2. The van der Waals surface area contributed by atoms with Gasteiger partial charge in [-0.25, -0.2) is 0 Å². The molecule has 3 N–H and O–H groups in total. The second-order valence-corrected chi connectivity index (χ2v) is 6.28. The zero-order valence-electron chi connectivity index (χ0n) is 16.2. The topological polar surface area (TPSA) is 104 Å². The lowest BCUT2D eigenvalue weighted by Gasteiger charge is -2.06. The number of nitrogens with zero attached hydrogens (tertiary/aromatic N) is 1. The summed E-state index contributed by atoms with van der Waals surface area (Å²) in [5, 5.41) is 2.75. The number of nitrogens with one attached hydrogen (secondary N) is 1. The molecule has 0 saturated heterocycles. The Morgan fingerprint density at radius 3 is 2.30 bits per heavy atom. The summed E-state index contributed by atoms with van der Waals surface area (Å²) < 4.78 is 10.9. The first-order valence-corrected chi connectivity index (χ1v) is 9.21. The predicted octanol–water partition coefficient (Wildman–Crippen LogP) is 3.18. The van der Waals surface area contributed by atoms with Gasteiger partial charge in [0.25, 0.3) is 5.91 Å². The summed E-state index contributed by atoms with van der Waals surface area (Å²) in [4.78, 5) is 27.0. The van der Waals surface area contributed by atoms with E-state index in [0.717, 1.165) is 17.0 Å². The van der Waals surface area contributed by atoms with E-state index >= 15 is 0 Å². The molecule has 0 saturated carbocycles. The minimum Gasteiger partial charge on any atom is -0.487 e. The molecule has 0 fully saturated rings. The highest BCUT2D eigenvalue weighted by molar-refractivity contribution is 6.01. The molecule has 3 rings (SSSR count). The van der Waals surface area contributed by atoms with Crippen LogP contribution in [0.3, 0.4) is 0 Å². The number of nitrogens with two attached hydrogens (primary N) is 1. The number of carbonyl (C=O) groups excluding carboxylic acids is 2. The Morgan fingerprint density at radius 1 is 0.933 bits per heavy atom. The molecule has 0 atom stereocenters. The Balaban J connectivity index is 1.47. The molecule has 7 nitrogen and oxygen atoms in total. The number of rotatable bonds is 9. The lowest BCUT2D eigenvalue weighted by atomic mass is 10.2. The lowest BCUT2D eigenvalue weighted by molar-refractivity contribution is -0.120. The van der Waals surface area contributed by atoms with E-state index in [0.29, 0.717) is 18.0 Å². The van der Waals surface area contributed by atoms with Crippen molar-refractivity contribution >= 4 is 23.6 Å². The quantitative estimate of drug-likeness (QED) is 0.534. The van der Waals surface area contributed by atoms with E-state index in [1.54, 1.807) is 36.5 Å². The fraction of sp³-hybridized carbons (Fsp3) is 0.0870. The Kier molecular flexibility index (Phi) is 7.16. The summed E-state index contributed by atoms with van der Waals surface area (Å²) in [5.41, 5.74) is 7.35. The number of carbonyl (C=O) groups is 2. The van der Waals surface area contributed by atoms with Crippen LogP contribution in [0, 0.1) is 0 Å². The number of pyridine rings is 1. The SMILES string of the molecule is NC(=O)COc1ccc(NC(=O)/C=C/c2ccc(OCc3ccccn3)cc2)cc1. The van der Waals surface area contributed by atoms with Gasteiger partial charge in [-0.15, -0.1) is 0 Å². The van der Waals surface area contributed by atoms with Gasteiger partial charge in [-0.1, -0.05) is 18.2 Å². The van der Waals surface area contributed by atoms with Crippen molar-refractivity contribution in [1.29, 1.82) is 0 Å². The molecule has 0 spiro atoms. The van der Waals surface area contributed by atoms with Crippen molar-refractivity contribution in [3.05, 3.63) is 90.3 Å². The maximum atomic E-state index is 12.1. The normalized spacial score (nSPS) is 10.5. The third kappa shape index (κ3) is 6.79. The smallest absolute Gasteiger partial charge is 0.255 e. The molecule has 0 aliphatic rings. The average Bonchev–Trinajstić information content (AvgIpc) is 2.77. The summed E-state index contributed by atoms with van der Waals surface area (Å²) in [7, 11) is 0. The van der Waals surface area contributed by atoms with Gasteiger partial charge in [-0.05, 0) is 60.2 Å². The number of benzene rings is 2. The maximum Gasteiger partial charge on any atom is 0.255 e. The van der Waals surface area contributed by atoms with Gasteiger partial charge in [-0.3, -0.25) is 14.6 Å². The van der Waals surface area contributed by atoms with Gasteiger partial charge in [-0.2, -0.15) is 0 Å². The molecule has 0 unspecified atom stereocenters. The van der Waals surface area contributed by atoms with Crippen molar-refractivity contribution in [3.63, 3.8) is 0 Å². The summed E-state index contributed by atoms with van der Waals surface area (Å²) in [6.07, 6.45) is 4.88. The highest BCUT2D eigenvalue weighted by Crippen LogP contribution is 2.17. The Hall–Kier alpha value is -4.13. The van der Waals surface area contributed by atoms with E-state index < -0.39 is 5.91 Å². The van der Waals surface area contributed by atoms with Crippen molar-refractivity contribution in [2.45, 2.75) is 6.61 Å². The zero-order valence-corrected chi connectivity index (χ0v) is 16.2. The van der Waals surface area contributed by atoms with Crippen molar-refractivity contribution in [2.24, 2.45) is 5.73 Å². The third-order valence-corrected chi connectivity index (χ3v) is 3.92. The largest absolute Gasteiger partial charge is 0.487 e. The average molecular weight is 403 g/mol. The number of hydrogen-bond acceptors (Lipinski definition) is 5. The molecule has 152 valence electrons. The standard InChI is InChI=1S/C23H21N3O4/c24-22(27)16-30-21-11-7-18(8-12-21)26-23(28)13-6-17-4-9-20(10-5-17)29-15-19-3-1-2-14-25-19/h1-14H,15-16H2,(H2,24,27)(H,26,28)/b13-6+. The van der Waals surface area contributed by atoms with Gasteiger partial charge in [0.15, 0.2) is 6.61 Å². The molecular formula is C23H21N3O4. The van der Waals surface area contributed by atoms with Crippen LogP contribution in [0.15, 0.2) is 79.0 Å². The number of hydrogen-bond donors (Lipinski definition) is 2. The van der Waals surface area contributed by atoms with Crippen molar-refractivity contribution in [2.75, 3.05) is 11.9 Å². The van der Waals surface area contributed by atoms with Crippen molar-refractivity contribution < 1.29 is 19.1 Å². The van der Waals surface area contributed by atoms with Crippen LogP contribution in [-0.2, 0) is 16.2 Å². The molecular weight excluding hydrogens is 382 g/mol. The maximum absolute atomic E-state index is 12.1. The van der Waals surface area contributed by atoms with Crippen LogP contribution in [0.4, 0.5) is 5.69 Å². The summed E-state index contributed by atoms with van der Waals surface area (Å²) in [6, 6.07) is 19.7. The van der Waals surface area contributed by atoms with Crippen LogP contribution >= 0.6 is 0 Å². The summed E-state index contributed by atoms with van der Waals surface area (Å²) in [5.74, 6) is 0.398. The molecule has 30 heavy (non-hydrogen) atoms. The van der Waals surface area contributed by atoms with Gasteiger partial charge in [0.1, 0.15) is 18.1 Å². The lowest BCUT2D eigenvalue weighted by Crippen LogP contribution is -2.20. The molecule has 2 aromatic carbocycles. The molecule has 3 aromatic rings. The van der Waals surface area contributed by atoms with E-state index in [-0.39, 0.29) is 12.5 Å². The number of anilines is 1. The first-order chi connectivity index (χ1) is 14.6. The van der Waals surface area contributed by atoms with Crippen molar-refractivity contribution in [3.8, 4) is 11.5 Å². The van der Waals surface area contributed by atoms with Crippen LogP contribution < -0.4 is 20.5 Å². The number of amides is 2. The number of aromatic nitrogens is 1. The second kappa shape index (κ2) is 10.4. The van der Waals surface area contributed by atoms with Gasteiger partial charge in [0.05, 0.1) is 5.69 Å². The number of ether oxygens (including phenoxy) is 2. The number of primary amides is 1. The molecule has 1 aromatic heterocycles. The highest BCUT2D eigenvalue weighted by Gasteiger charge is 2.01. The van der Waals surface area contributed by atoms with E-state index in [4.69, 9.17) is 15.2 Å². The monoisotopic (exact) mass is 403 g/mol. The molecule has 0 aliphatic carbocycles. The first-order valence-electron chi connectivity index (χ1n) is 9.21. The third-order valence-electron chi connectivity index (χ3n) is 3.92. The van der Waals surface area contributed by atoms with Crippen LogP contribution in [0.5, 0.6) is 11.5 Å².